The first kappa shape index (κ1) is 14.3. The minimum atomic E-state index is -0.918. The number of nitrogen functional groups attached to an aromatic ring is 1. The molecule has 0 bridgehead atoms. The van der Waals surface area contributed by atoms with Crippen molar-refractivity contribution in [3.8, 4) is 0 Å². The SMILES string of the molecule is Nc1ccc(CSc2ccc(F)c(F)c2)cc1[N+](=O)[O-]. The van der Waals surface area contributed by atoms with Crippen LogP contribution >= 0.6 is 11.8 Å². The quantitative estimate of drug-likeness (QED) is 0.404. The molecule has 104 valence electrons. The maximum absolute atomic E-state index is 13.0. The number of nitrogens with two attached hydrogens (primary N) is 1. The van der Waals surface area contributed by atoms with Crippen LogP contribution < -0.4 is 5.73 Å². The summed E-state index contributed by atoms with van der Waals surface area (Å²) in [6.07, 6.45) is 0. The Bertz CT molecular complexity index is 665. The summed E-state index contributed by atoms with van der Waals surface area (Å²) >= 11 is 1.25. The van der Waals surface area contributed by atoms with Gasteiger partial charge in [0.2, 0.25) is 0 Å². The first-order valence-electron chi connectivity index (χ1n) is 5.58. The van der Waals surface area contributed by atoms with E-state index >= 15 is 0 Å². The molecule has 0 unspecified atom stereocenters. The van der Waals surface area contributed by atoms with Gasteiger partial charge in [0, 0.05) is 16.7 Å². The van der Waals surface area contributed by atoms with Gasteiger partial charge in [0.15, 0.2) is 11.6 Å². The number of thioether (sulfide) groups is 1. The number of rotatable bonds is 4. The van der Waals surface area contributed by atoms with Crippen molar-refractivity contribution in [2.45, 2.75) is 10.6 Å². The summed E-state index contributed by atoms with van der Waals surface area (Å²) in [5.74, 6) is -1.43. The molecular formula is C13H10F2N2O2S. The Balaban J connectivity index is 2.12. The normalized spacial score (nSPS) is 10.5. The molecule has 0 aliphatic rings. The van der Waals surface area contributed by atoms with E-state index in [4.69, 9.17) is 5.73 Å². The Hall–Kier alpha value is -2.15. The van der Waals surface area contributed by atoms with Gasteiger partial charge in [0.1, 0.15) is 5.69 Å². The molecular weight excluding hydrogens is 286 g/mol. The molecule has 0 amide bonds. The highest BCUT2D eigenvalue weighted by molar-refractivity contribution is 7.98. The molecule has 0 aliphatic heterocycles. The molecule has 0 fully saturated rings. The van der Waals surface area contributed by atoms with Crippen molar-refractivity contribution in [2.75, 3.05) is 5.73 Å². The molecule has 0 aliphatic carbocycles. The molecule has 2 rings (SSSR count). The lowest BCUT2D eigenvalue weighted by Crippen LogP contribution is -1.96. The zero-order valence-corrected chi connectivity index (χ0v) is 11.0. The molecule has 20 heavy (non-hydrogen) atoms. The first-order chi connectivity index (χ1) is 9.47. The molecule has 0 heterocycles. The number of anilines is 1. The van der Waals surface area contributed by atoms with Gasteiger partial charge in [-0.2, -0.15) is 0 Å². The molecule has 0 aromatic heterocycles. The topological polar surface area (TPSA) is 69.2 Å². The van der Waals surface area contributed by atoms with Crippen LogP contribution in [-0.4, -0.2) is 4.92 Å². The number of nitrogens with zero attached hydrogens (tertiary/aromatic N) is 1. The monoisotopic (exact) mass is 296 g/mol. The fourth-order valence-corrected chi connectivity index (χ4v) is 2.43. The summed E-state index contributed by atoms with van der Waals surface area (Å²) in [6.45, 7) is 0. The zero-order chi connectivity index (χ0) is 14.7. The van der Waals surface area contributed by atoms with Gasteiger partial charge in [0.05, 0.1) is 4.92 Å². The van der Waals surface area contributed by atoms with Crippen molar-refractivity contribution in [3.63, 3.8) is 0 Å². The van der Waals surface area contributed by atoms with E-state index in [1.807, 2.05) is 0 Å². The Morgan fingerprint density at radius 3 is 2.55 bits per heavy atom. The van der Waals surface area contributed by atoms with Crippen LogP contribution in [0.25, 0.3) is 0 Å². The number of halogens is 2. The van der Waals surface area contributed by atoms with Crippen LogP contribution in [0.1, 0.15) is 5.56 Å². The first-order valence-corrected chi connectivity index (χ1v) is 6.56. The van der Waals surface area contributed by atoms with E-state index < -0.39 is 16.6 Å². The van der Waals surface area contributed by atoms with Crippen LogP contribution in [0.15, 0.2) is 41.3 Å². The Labute approximate surface area is 117 Å². The van der Waals surface area contributed by atoms with Crippen molar-refractivity contribution >= 4 is 23.1 Å². The van der Waals surface area contributed by atoms with E-state index in [2.05, 4.69) is 0 Å². The van der Waals surface area contributed by atoms with E-state index in [0.29, 0.717) is 16.2 Å². The second kappa shape index (κ2) is 5.87. The molecule has 2 aromatic rings. The number of hydrogen-bond acceptors (Lipinski definition) is 4. The van der Waals surface area contributed by atoms with Gasteiger partial charge in [0.25, 0.3) is 5.69 Å². The van der Waals surface area contributed by atoms with E-state index in [1.165, 1.54) is 30.0 Å². The van der Waals surface area contributed by atoms with Crippen molar-refractivity contribution in [3.05, 3.63) is 63.7 Å². The molecule has 0 saturated carbocycles. The fourth-order valence-electron chi connectivity index (χ4n) is 1.57. The summed E-state index contributed by atoms with van der Waals surface area (Å²) in [7, 11) is 0. The Kier molecular flexibility index (Phi) is 4.19. The molecule has 7 heteroatoms. The fraction of sp³-hybridized carbons (Fsp3) is 0.0769. The van der Waals surface area contributed by atoms with Crippen molar-refractivity contribution in [1.29, 1.82) is 0 Å². The van der Waals surface area contributed by atoms with Crippen LogP contribution in [0.3, 0.4) is 0 Å². The number of benzene rings is 2. The van der Waals surface area contributed by atoms with Crippen molar-refractivity contribution < 1.29 is 13.7 Å². The Morgan fingerprint density at radius 2 is 1.90 bits per heavy atom. The molecule has 0 radical (unpaired) electrons. The summed E-state index contributed by atoms with van der Waals surface area (Å²) < 4.78 is 25.8. The molecule has 2 aromatic carbocycles. The lowest BCUT2D eigenvalue weighted by molar-refractivity contribution is -0.383. The molecule has 0 saturated heterocycles. The van der Waals surface area contributed by atoms with Gasteiger partial charge in [-0.05, 0) is 29.8 Å². The van der Waals surface area contributed by atoms with Gasteiger partial charge in [-0.15, -0.1) is 11.8 Å². The third-order valence-corrected chi connectivity index (χ3v) is 3.65. The van der Waals surface area contributed by atoms with Crippen molar-refractivity contribution in [1.82, 2.24) is 0 Å². The smallest absolute Gasteiger partial charge is 0.292 e. The van der Waals surface area contributed by atoms with Gasteiger partial charge in [-0.3, -0.25) is 10.1 Å². The second-order valence-corrected chi connectivity index (χ2v) is 5.06. The van der Waals surface area contributed by atoms with E-state index in [1.54, 1.807) is 6.07 Å². The highest BCUT2D eigenvalue weighted by atomic mass is 32.2. The van der Waals surface area contributed by atoms with Crippen molar-refractivity contribution in [2.24, 2.45) is 0 Å². The van der Waals surface area contributed by atoms with E-state index in [-0.39, 0.29) is 11.4 Å². The van der Waals surface area contributed by atoms with Crippen LogP contribution in [-0.2, 0) is 5.75 Å². The molecule has 0 atom stereocenters. The highest BCUT2D eigenvalue weighted by Crippen LogP contribution is 2.28. The molecule has 0 spiro atoms. The Morgan fingerprint density at radius 1 is 1.15 bits per heavy atom. The van der Waals surface area contributed by atoms with Gasteiger partial charge >= 0.3 is 0 Å². The lowest BCUT2D eigenvalue weighted by atomic mass is 10.2. The average Bonchev–Trinajstić information content (AvgIpc) is 2.41. The average molecular weight is 296 g/mol. The van der Waals surface area contributed by atoms with Crippen LogP contribution in [0, 0.1) is 21.7 Å². The van der Waals surface area contributed by atoms with Gasteiger partial charge in [-0.25, -0.2) is 8.78 Å². The predicted octanol–water partition coefficient (Wildman–Crippen LogP) is 3.75. The van der Waals surface area contributed by atoms with E-state index in [0.717, 1.165) is 12.1 Å². The maximum Gasteiger partial charge on any atom is 0.292 e. The van der Waals surface area contributed by atoms with Crippen LogP contribution in [0.2, 0.25) is 0 Å². The highest BCUT2D eigenvalue weighted by Gasteiger charge is 2.12. The summed E-state index contributed by atoms with van der Waals surface area (Å²) in [5.41, 5.74) is 6.11. The predicted molar refractivity (Wildman–Crippen MR) is 73.4 cm³/mol. The number of hydrogen-bond donors (Lipinski definition) is 1. The van der Waals surface area contributed by atoms with Gasteiger partial charge in [-0.1, -0.05) is 6.07 Å². The second-order valence-electron chi connectivity index (χ2n) is 4.01. The number of nitro benzene ring substituents is 1. The summed E-state index contributed by atoms with van der Waals surface area (Å²) in [4.78, 5) is 10.7. The van der Waals surface area contributed by atoms with Gasteiger partial charge < -0.3 is 5.73 Å². The minimum absolute atomic E-state index is 0.0941. The van der Waals surface area contributed by atoms with Crippen LogP contribution in [0.4, 0.5) is 20.2 Å². The molecule has 2 N–H and O–H groups in total. The minimum Gasteiger partial charge on any atom is -0.393 e. The largest absolute Gasteiger partial charge is 0.393 e. The standard InChI is InChI=1S/C13H10F2N2O2S/c14-10-3-2-9(6-11(10)15)20-7-8-1-4-12(16)13(5-8)17(18)19/h1-6H,7,16H2. The zero-order valence-electron chi connectivity index (χ0n) is 10.2. The third kappa shape index (κ3) is 3.24. The number of nitro groups is 1. The summed E-state index contributed by atoms with van der Waals surface area (Å²) in [5, 5.41) is 10.8. The van der Waals surface area contributed by atoms with E-state index in [9.17, 15) is 18.9 Å². The van der Waals surface area contributed by atoms with Crippen LogP contribution in [0.5, 0.6) is 0 Å². The third-order valence-electron chi connectivity index (χ3n) is 2.59. The lowest BCUT2D eigenvalue weighted by Gasteiger charge is -2.04. The molecule has 4 nitrogen and oxygen atoms in total. The summed E-state index contributed by atoms with van der Waals surface area (Å²) in [6, 6.07) is 8.08. The maximum atomic E-state index is 13.0.